The summed E-state index contributed by atoms with van der Waals surface area (Å²) in [4.78, 5) is 37.3. The van der Waals surface area contributed by atoms with Gasteiger partial charge in [-0.05, 0) is 12.1 Å². The fourth-order valence-electron chi connectivity index (χ4n) is 1.51. The zero-order valence-electron chi connectivity index (χ0n) is 10.6. The zero-order chi connectivity index (χ0) is 15.6. The second kappa shape index (κ2) is 5.98. The number of rotatable bonds is 4. The van der Waals surface area contributed by atoms with Gasteiger partial charge in [0.2, 0.25) is 0 Å². The number of thiazole rings is 1. The van der Waals surface area contributed by atoms with Gasteiger partial charge in [0, 0.05) is 23.4 Å². The summed E-state index contributed by atoms with van der Waals surface area (Å²) in [6.07, 6.45) is 0. The number of aromatic nitrogens is 1. The first-order chi connectivity index (χ1) is 9.88. The number of nitro benzene ring substituents is 1. The fourth-order valence-corrected chi connectivity index (χ4v) is 2.42. The standard InChI is InChI=1S/C12H8ClN3O4S/c1-6(17)9-5-21-12(14-9)15-11(18)8-3-2-7(13)4-10(8)16(19)20/h2-5H,1H3,(H,14,15,18). The van der Waals surface area contributed by atoms with Crippen molar-refractivity contribution in [1.82, 2.24) is 4.98 Å². The monoisotopic (exact) mass is 325 g/mol. The van der Waals surface area contributed by atoms with E-state index < -0.39 is 16.5 Å². The number of carbonyl (C=O) groups excluding carboxylic acids is 2. The normalized spacial score (nSPS) is 10.2. The van der Waals surface area contributed by atoms with E-state index in [1.54, 1.807) is 0 Å². The molecule has 0 unspecified atom stereocenters. The SMILES string of the molecule is CC(=O)c1csc(NC(=O)c2ccc(Cl)cc2[N+](=O)[O-])n1. The Bertz CT molecular complexity index is 744. The van der Waals surface area contributed by atoms with Crippen molar-refractivity contribution in [3.05, 3.63) is 50.0 Å². The maximum Gasteiger partial charge on any atom is 0.283 e. The van der Waals surface area contributed by atoms with Gasteiger partial charge in [0.25, 0.3) is 11.6 Å². The minimum Gasteiger partial charge on any atom is -0.298 e. The van der Waals surface area contributed by atoms with Crippen LogP contribution in [0.4, 0.5) is 10.8 Å². The lowest BCUT2D eigenvalue weighted by molar-refractivity contribution is -0.385. The first-order valence-corrected chi connectivity index (χ1v) is 6.86. The van der Waals surface area contributed by atoms with Gasteiger partial charge in [-0.25, -0.2) is 4.98 Å². The van der Waals surface area contributed by atoms with Crippen molar-refractivity contribution >= 4 is 45.4 Å². The molecule has 1 aromatic carbocycles. The second-order valence-electron chi connectivity index (χ2n) is 3.97. The topological polar surface area (TPSA) is 102 Å². The van der Waals surface area contributed by atoms with Gasteiger partial charge in [-0.1, -0.05) is 11.6 Å². The Hall–Kier alpha value is -2.32. The van der Waals surface area contributed by atoms with E-state index in [9.17, 15) is 19.7 Å². The molecule has 1 heterocycles. The molecule has 0 aliphatic rings. The highest BCUT2D eigenvalue weighted by molar-refractivity contribution is 7.14. The molecule has 0 saturated carbocycles. The van der Waals surface area contributed by atoms with E-state index >= 15 is 0 Å². The van der Waals surface area contributed by atoms with E-state index in [0.717, 1.165) is 17.4 Å². The molecule has 1 amide bonds. The Morgan fingerprint density at radius 2 is 2.14 bits per heavy atom. The summed E-state index contributed by atoms with van der Waals surface area (Å²) in [6, 6.07) is 3.74. The first-order valence-electron chi connectivity index (χ1n) is 5.60. The summed E-state index contributed by atoms with van der Waals surface area (Å²) in [5.74, 6) is -0.924. The van der Waals surface area contributed by atoms with Gasteiger partial charge >= 0.3 is 0 Å². The van der Waals surface area contributed by atoms with E-state index in [4.69, 9.17) is 11.6 Å². The zero-order valence-corrected chi connectivity index (χ0v) is 12.2. The van der Waals surface area contributed by atoms with Gasteiger partial charge in [0.05, 0.1) is 4.92 Å². The number of hydrogen-bond acceptors (Lipinski definition) is 6. The van der Waals surface area contributed by atoms with Crippen LogP contribution in [0.3, 0.4) is 0 Å². The van der Waals surface area contributed by atoms with Gasteiger partial charge in [-0.2, -0.15) is 0 Å². The number of amides is 1. The third-order valence-electron chi connectivity index (χ3n) is 2.49. The molecule has 7 nitrogen and oxygen atoms in total. The Balaban J connectivity index is 2.27. The molecule has 21 heavy (non-hydrogen) atoms. The summed E-state index contributed by atoms with van der Waals surface area (Å²) < 4.78 is 0. The Kier molecular flexibility index (Phi) is 4.29. The van der Waals surface area contributed by atoms with Crippen molar-refractivity contribution in [2.45, 2.75) is 6.92 Å². The maximum absolute atomic E-state index is 12.1. The quantitative estimate of drug-likeness (QED) is 0.528. The highest BCUT2D eigenvalue weighted by Gasteiger charge is 2.21. The first kappa shape index (κ1) is 15.1. The maximum atomic E-state index is 12.1. The van der Waals surface area contributed by atoms with Crippen LogP contribution in [0.5, 0.6) is 0 Å². The van der Waals surface area contributed by atoms with E-state index in [1.807, 2.05) is 0 Å². The average Bonchev–Trinajstić information content (AvgIpc) is 2.87. The van der Waals surface area contributed by atoms with Crippen molar-refractivity contribution < 1.29 is 14.5 Å². The highest BCUT2D eigenvalue weighted by atomic mass is 35.5. The number of anilines is 1. The van der Waals surface area contributed by atoms with Crippen LogP contribution in [-0.4, -0.2) is 21.6 Å². The Morgan fingerprint density at radius 3 is 2.71 bits per heavy atom. The molecule has 0 bridgehead atoms. The number of halogens is 1. The predicted octanol–water partition coefficient (Wildman–Crippen LogP) is 3.16. The molecule has 0 saturated heterocycles. The van der Waals surface area contributed by atoms with Crippen LogP contribution < -0.4 is 5.32 Å². The molecule has 108 valence electrons. The molecule has 0 radical (unpaired) electrons. The molecule has 1 N–H and O–H groups in total. The number of carbonyl (C=O) groups is 2. The number of benzene rings is 1. The summed E-state index contributed by atoms with van der Waals surface area (Å²) in [5.41, 5.74) is -0.312. The van der Waals surface area contributed by atoms with Gasteiger partial charge in [0.1, 0.15) is 11.3 Å². The minimum absolute atomic E-state index is 0.135. The van der Waals surface area contributed by atoms with Crippen molar-refractivity contribution in [1.29, 1.82) is 0 Å². The summed E-state index contributed by atoms with van der Waals surface area (Å²) >= 11 is 6.74. The van der Waals surface area contributed by atoms with Crippen molar-refractivity contribution in [2.24, 2.45) is 0 Å². The molecule has 0 aliphatic carbocycles. The van der Waals surface area contributed by atoms with E-state index in [1.165, 1.54) is 24.4 Å². The number of nitrogens with zero attached hydrogens (tertiary/aromatic N) is 2. The molecule has 0 atom stereocenters. The third kappa shape index (κ3) is 3.41. The van der Waals surface area contributed by atoms with Crippen LogP contribution >= 0.6 is 22.9 Å². The van der Waals surface area contributed by atoms with Crippen LogP contribution in [0.1, 0.15) is 27.8 Å². The summed E-state index contributed by atoms with van der Waals surface area (Å²) in [7, 11) is 0. The molecule has 9 heteroatoms. The second-order valence-corrected chi connectivity index (χ2v) is 5.26. The van der Waals surface area contributed by atoms with Gasteiger partial charge in [-0.3, -0.25) is 25.0 Å². The van der Waals surface area contributed by atoms with E-state index in [-0.39, 0.29) is 27.2 Å². The van der Waals surface area contributed by atoms with Crippen molar-refractivity contribution in [3.8, 4) is 0 Å². The molecule has 2 aromatic rings. The number of Topliss-reactive ketones (excluding diaryl/α,β-unsaturated/α-hetero) is 1. The van der Waals surface area contributed by atoms with E-state index in [0.29, 0.717) is 0 Å². The van der Waals surface area contributed by atoms with Crippen LogP contribution in [0.2, 0.25) is 5.02 Å². The molecule has 0 fully saturated rings. The smallest absolute Gasteiger partial charge is 0.283 e. The van der Waals surface area contributed by atoms with E-state index in [2.05, 4.69) is 10.3 Å². The summed E-state index contributed by atoms with van der Waals surface area (Å²) in [5, 5.41) is 15.2. The predicted molar refractivity (Wildman–Crippen MR) is 78.2 cm³/mol. The van der Waals surface area contributed by atoms with Crippen LogP contribution in [0, 0.1) is 10.1 Å². The molecule has 0 spiro atoms. The molecular formula is C12H8ClN3O4S. The Morgan fingerprint density at radius 1 is 1.43 bits per heavy atom. The molecule has 2 rings (SSSR count). The van der Waals surface area contributed by atoms with Crippen LogP contribution in [0.25, 0.3) is 0 Å². The van der Waals surface area contributed by atoms with Gasteiger partial charge in [-0.15, -0.1) is 11.3 Å². The number of ketones is 1. The molecular weight excluding hydrogens is 318 g/mol. The number of nitro groups is 1. The van der Waals surface area contributed by atoms with Crippen LogP contribution in [-0.2, 0) is 0 Å². The van der Waals surface area contributed by atoms with Gasteiger partial charge in [0.15, 0.2) is 10.9 Å². The molecule has 0 aliphatic heterocycles. The molecule has 1 aromatic heterocycles. The number of nitrogens with one attached hydrogen (secondary N) is 1. The third-order valence-corrected chi connectivity index (χ3v) is 3.48. The summed E-state index contributed by atoms with van der Waals surface area (Å²) in [6.45, 7) is 1.35. The van der Waals surface area contributed by atoms with Crippen molar-refractivity contribution in [2.75, 3.05) is 5.32 Å². The average molecular weight is 326 g/mol. The van der Waals surface area contributed by atoms with Gasteiger partial charge < -0.3 is 0 Å². The largest absolute Gasteiger partial charge is 0.298 e. The minimum atomic E-state index is -0.692. The number of hydrogen-bond donors (Lipinski definition) is 1. The Labute approximate surface area is 127 Å². The van der Waals surface area contributed by atoms with Crippen LogP contribution in [0.15, 0.2) is 23.6 Å². The lowest BCUT2D eigenvalue weighted by atomic mass is 10.1. The fraction of sp³-hybridized carbons (Fsp3) is 0.0833. The lowest BCUT2D eigenvalue weighted by Gasteiger charge is -2.03. The lowest BCUT2D eigenvalue weighted by Crippen LogP contribution is -2.14. The van der Waals surface area contributed by atoms with Crippen molar-refractivity contribution in [3.63, 3.8) is 0 Å². The highest BCUT2D eigenvalue weighted by Crippen LogP contribution is 2.25.